The van der Waals surface area contributed by atoms with E-state index in [0.717, 1.165) is 0 Å². The quantitative estimate of drug-likeness (QED) is 0.485. The lowest BCUT2D eigenvalue weighted by Crippen LogP contribution is -2.23. The zero-order valence-electron chi connectivity index (χ0n) is 9.96. The highest BCUT2D eigenvalue weighted by molar-refractivity contribution is 5.77. The molecule has 0 radical (unpaired) electrons. The van der Waals surface area contributed by atoms with Crippen molar-refractivity contribution in [2.24, 2.45) is 0 Å². The van der Waals surface area contributed by atoms with Crippen LogP contribution >= 0.6 is 0 Å². The van der Waals surface area contributed by atoms with Crippen molar-refractivity contribution in [1.82, 2.24) is 9.97 Å². The van der Waals surface area contributed by atoms with Crippen molar-refractivity contribution in [3.8, 4) is 0 Å². The Morgan fingerprint density at radius 3 is 2.58 bits per heavy atom. The summed E-state index contributed by atoms with van der Waals surface area (Å²) >= 11 is 0. The largest absolute Gasteiger partial charge is 0.396 e. The monoisotopic (exact) mass is 266 g/mol. The van der Waals surface area contributed by atoms with Crippen LogP contribution in [0.15, 0.2) is 27.8 Å². The Balaban J connectivity index is 2.47. The molecule has 2 atom stereocenters. The highest BCUT2D eigenvalue weighted by atomic mass is 16.3. The lowest BCUT2D eigenvalue weighted by molar-refractivity contribution is 0.00428. The Morgan fingerprint density at radius 1 is 1.16 bits per heavy atom. The Labute approximate surface area is 107 Å². The van der Waals surface area contributed by atoms with Crippen molar-refractivity contribution in [3.05, 3.63) is 44.6 Å². The van der Waals surface area contributed by atoms with Crippen molar-refractivity contribution in [2.75, 3.05) is 6.61 Å². The summed E-state index contributed by atoms with van der Waals surface area (Å²) in [7, 11) is 0. The molecule has 0 fully saturated rings. The first-order valence-electron chi connectivity index (χ1n) is 5.76. The molecule has 19 heavy (non-hydrogen) atoms. The second-order valence-corrected chi connectivity index (χ2v) is 4.24. The number of aromatic nitrogens is 2. The van der Waals surface area contributed by atoms with Gasteiger partial charge in [-0.2, -0.15) is 0 Å². The van der Waals surface area contributed by atoms with Gasteiger partial charge in [-0.25, -0.2) is 4.79 Å². The van der Waals surface area contributed by atoms with Gasteiger partial charge in [0.05, 0.1) is 17.0 Å². The molecule has 0 amide bonds. The van der Waals surface area contributed by atoms with Gasteiger partial charge in [-0.3, -0.25) is 9.78 Å². The van der Waals surface area contributed by atoms with Crippen LogP contribution in [0.4, 0.5) is 0 Å². The molecule has 1 aromatic carbocycles. The first-order chi connectivity index (χ1) is 9.02. The van der Waals surface area contributed by atoms with Gasteiger partial charge in [0.1, 0.15) is 6.10 Å². The summed E-state index contributed by atoms with van der Waals surface area (Å²) in [6.07, 6.45) is -2.30. The van der Waals surface area contributed by atoms with Crippen LogP contribution < -0.4 is 11.2 Å². The standard InChI is InChI=1S/C12H14N2O5/c15-4-3-9(16)10(17)6-1-2-8-7(5-6)11(18)14-12(19)13-8/h1-2,5,9-10,15-17H,3-4H2,(H2,13,14,18,19). The molecule has 0 aliphatic rings. The van der Waals surface area contributed by atoms with E-state index >= 15 is 0 Å². The fourth-order valence-corrected chi connectivity index (χ4v) is 1.88. The molecule has 7 nitrogen and oxygen atoms in total. The average Bonchev–Trinajstić information content (AvgIpc) is 2.37. The second-order valence-electron chi connectivity index (χ2n) is 4.24. The van der Waals surface area contributed by atoms with Crippen LogP contribution in [0, 0.1) is 0 Å². The number of benzene rings is 1. The maximum absolute atomic E-state index is 11.6. The predicted octanol–water partition coefficient (Wildman–Crippen LogP) is -1.01. The summed E-state index contributed by atoms with van der Waals surface area (Å²) in [5.74, 6) is 0. The maximum atomic E-state index is 11.6. The van der Waals surface area contributed by atoms with Crippen molar-refractivity contribution >= 4 is 10.9 Å². The van der Waals surface area contributed by atoms with Gasteiger partial charge in [0.25, 0.3) is 5.56 Å². The minimum absolute atomic E-state index is 0.0290. The van der Waals surface area contributed by atoms with Gasteiger partial charge in [-0.1, -0.05) is 6.07 Å². The number of aliphatic hydroxyl groups excluding tert-OH is 3. The van der Waals surface area contributed by atoms with Gasteiger partial charge in [0.15, 0.2) is 0 Å². The zero-order valence-corrected chi connectivity index (χ0v) is 9.96. The minimum Gasteiger partial charge on any atom is -0.396 e. The topological polar surface area (TPSA) is 126 Å². The Bertz CT molecular complexity index is 690. The van der Waals surface area contributed by atoms with E-state index in [0.29, 0.717) is 11.1 Å². The predicted molar refractivity (Wildman–Crippen MR) is 67.9 cm³/mol. The smallest absolute Gasteiger partial charge is 0.326 e. The SMILES string of the molecule is O=c1[nH]c(=O)c2cc(C(O)C(O)CCO)ccc2[nH]1. The van der Waals surface area contributed by atoms with E-state index in [9.17, 15) is 19.8 Å². The molecule has 0 aliphatic heterocycles. The van der Waals surface area contributed by atoms with Crippen LogP contribution in [0.2, 0.25) is 0 Å². The van der Waals surface area contributed by atoms with E-state index in [-0.39, 0.29) is 18.4 Å². The number of rotatable bonds is 4. The van der Waals surface area contributed by atoms with Gasteiger partial charge in [0, 0.05) is 6.61 Å². The normalized spacial score (nSPS) is 14.5. The third kappa shape index (κ3) is 2.73. The molecule has 1 aromatic heterocycles. The Morgan fingerprint density at radius 2 is 1.89 bits per heavy atom. The van der Waals surface area contributed by atoms with Crippen molar-refractivity contribution in [3.63, 3.8) is 0 Å². The molecule has 0 saturated heterocycles. The van der Waals surface area contributed by atoms with Gasteiger partial charge in [-0.05, 0) is 24.1 Å². The van der Waals surface area contributed by atoms with E-state index in [1.165, 1.54) is 18.2 Å². The summed E-state index contributed by atoms with van der Waals surface area (Å²) in [5.41, 5.74) is -0.483. The molecule has 0 saturated carbocycles. The van der Waals surface area contributed by atoms with Crippen LogP contribution in [0.25, 0.3) is 10.9 Å². The number of nitrogens with one attached hydrogen (secondary N) is 2. The van der Waals surface area contributed by atoms with E-state index in [1.54, 1.807) is 0 Å². The molecular formula is C12H14N2O5. The highest BCUT2D eigenvalue weighted by Gasteiger charge is 2.18. The fraction of sp³-hybridized carbons (Fsp3) is 0.333. The number of aliphatic hydroxyl groups is 3. The van der Waals surface area contributed by atoms with E-state index in [2.05, 4.69) is 9.97 Å². The molecule has 0 aliphatic carbocycles. The van der Waals surface area contributed by atoms with Crippen LogP contribution in [-0.2, 0) is 0 Å². The molecular weight excluding hydrogens is 252 g/mol. The van der Waals surface area contributed by atoms with Gasteiger partial charge < -0.3 is 20.3 Å². The summed E-state index contributed by atoms with van der Waals surface area (Å²) in [6, 6.07) is 4.38. The number of H-pyrrole nitrogens is 2. The average molecular weight is 266 g/mol. The summed E-state index contributed by atoms with van der Waals surface area (Å²) in [6.45, 7) is -0.250. The minimum atomic E-state index is -1.21. The molecule has 5 N–H and O–H groups in total. The second kappa shape index (κ2) is 5.35. The molecule has 2 unspecified atom stereocenters. The lowest BCUT2D eigenvalue weighted by atomic mass is 10.0. The van der Waals surface area contributed by atoms with Crippen LogP contribution in [0.5, 0.6) is 0 Å². The van der Waals surface area contributed by atoms with Crippen LogP contribution in [-0.4, -0.2) is 38.0 Å². The highest BCUT2D eigenvalue weighted by Crippen LogP contribution is 2.21. The number of fused-ring (bicyclic) bond motifs is 1. The van der Waals surface area contributed by atoms with Gasteiger partial charge in [0.2, 0.25) is 0 Å². The molecule has 7 heteroatoms. The Kier molecular flexibility index (Phi) is 3.79. The van der Waals surface area contributed by atoms with E-state index in [1.807, 2.05) is 0 Å². The maximum Gasteiger partial charge on any atom is 0.326 e. The van der Waals surface area contributed by atoms with Crippen LogP contribution in [0.3, 0.4) is 0 Å². The molecule has 1 heterocycles. The third-order valence-electron chi connectivity index (χ3n) is 2.89. The molecule has 2 aromatic rings. The Hall–Kier alpha value is -1.96. The zero-order chi connectivity index (χ0) is 14.0. The molecule has 0 spiro atoms. The van der Waals surface area contributed by atoms with Crippen LogP contribution in [0.1, 0.15) is 18.1 Å². The first-order valence-corrected chi connectivity index (χ1v) is 5.76. The summed E-state index contributed by atoms with van der Waals surface area (Å²) in [5, 5.41) is 28.4. The molecule has 2 rings (SSSR count). The van der Waals surface area contributed by atoms with Crippen molar-refractivity contribution < 1.29 is 15.3 Å². The van der Waals surface area contributed by atoms with Crippen molar-refractivity contribution in [1.29, 1.82) is 0 Å². The number of aromatic amines is 2. The molecule has 102 valence electrons. The number of hydrogen-bond donors (Lipinski definition) is 5. The first kappa shape index (κ1) is 13.5. The number of hydrogen-bond acceptors (Lipinski definition) is 5. The van der Waals surface area contributed by atoms with Crippen molar-refractivity contribution in [2.45, 2.75) is 18.6 Å². The van der Waals surface area contributed by atoms with Gasteiger partial charge >= 0.3 is 5.69 Å². The third-order valence-corrected chi connectivity index (χ3v) is 2.89. The summed E-state index contributed by atoms with van der Waals surface area (Å²) < 4.78 is 0. The fourth-order valence-electron chi connectivity index (χ4n) is 1.88. The van der Waals surface area contributed by atoms with E-state index < -0.39 is 23.5 Å². The van der Waals surface area contributed by atoms with Gasteiger partial charge in [-0.15, -0.1) is 0 Å². The summed E-state index contributed by atoms with van der Waals surface area (Å²) in [4.78, 5) is 27.2. The lowest BCUT2D eigenvalue weighted by Gasteiger charge is -2.17. The molecule has 0 bridgehead atoms. The van der Waals surface area contributed by atoms with E-state index in [4.69, 9.17) is 5.11 Å².